The number of carboxylic acid groups (broad SMARTS) is 1. The van der Waals surface area contributed by atoms with Gasteiger partial charge in [0.1, 0.15) is 5.75 Å². The van der Waals surface area contributed by atoms with E-state index in [4.69, 9.17) is 16.3 Å². The van der Waals surface area contributed by atoms with Crippen LogP contribution in [0.1, 0.15) is 62.4 Å². The Labute approximate surface area is 239 Å². The molecule has 1 N–H and O–H groups in total. The maximum atomic E-state index is 13.8. The van der Waals surface area contributed by atoms with Crippen molar-refractivity contribution in [3.63, 3.8) is 0 Å². The van der Waals surface area contributed by atoms with Crippen LogP contribution in [-0.2, 0) is 9.59 Å². The van der Waals surface area contributed by atoms with Gasteiger partial charge >= 0.3 is 5.97 Å². The number of anilines is 2. The average molecular weight is 564 g/mol. The van der Waals surface area contributed by atoms with Gasteiger partial charge in [-0.15, -0.1) is 0 Å². The number of aliphatic carboxylic acids is 1. The van der Waals surface area contributed by atoms with E-state index in [1.807, 2.05) is 26.0 Å². The Morgan fingerprint density at radius 3 is 2.40 bits per heavy atom. The fourth-order valence-electron chi connectivity index (χ4n) is 4.88. The third-order valence-corrected chi connectivity index (χ3v) is 7.65. The van der Waals surface area contributed by atoms with E-state index in [1.54, 1.807) is 78.5 Å². The summed E-state index contributed by atoms with van der Waals surface area (Å²) < 4.78 is 5.72. The standard InChI is InChI=1S/C31H34ClN3O5/c1-5-34(23-10-8-22(32)9-11-23)29(37)25-18-20(2)35(27-14-16-33-19-26(25)27)28(36)21-6-12-24(13-7-21)40-17-15-31(3,4)30(38)39/h6-14,16,19-20,25H,5,15,17-18H2,1-4H3,(H,38,39)/t20-,25-/m0/s1. The van der Waals surface area contributed by atoms with Gasteiger partial charge in [-0.1, -0.05) is 11.6 Å². The maximum Gasteiger partial charge on any atom is 0.309 e. The number of halogens is 1. The van der Waals surface area contributed by atoms with Crippen LogP contribution < -0.4 is 14.5 Å². The van der Waals surface area contributed by atoms with Crippen LogP contribution in [0.4, 0.5) is 11.4 Å². The molecule has 4 rings (SSSR count). The molecular weight excluding hydrogens is 530 g/mol. The van der Waals surface area contributed by atoms with Crippen LogP contribution in [0.5, 0.6) is 5.75 Å². The molecule has 0 saturated carbocycles. The van der Waals surface area contributed by atoms with Crippen molar-refractivity contribution in [2.45, 2.75) is 52.5 Å². The second-order valence-electron chi connectivity index (χ2n) is 10.6. The van der Waals surface area contributed by atoms with Crippen molar-refractivity contribution in [3.8, 4) is 5.75 Å². The number of hydrogen-bond donors (Lipinski definition) is 1. The zero-order valence-electron chi connectivity index (χ0n) is 23.1. The molecule has 0 bridgehead atoms. The Bertz CT molecular complexity index is 1370. The van der Waals surface area contributed by atoms with Crippen molar-refractivity contribution in [1.82, 2.24) is 4.98 Å². The SMILES string of the molecule is CCN(C(=O)[C@H]1C[C@H](C)N(C(=O)c2ccc(OCCC(C)(C)C(=O)O)cc2)c2ccncc21)c1ccc(Cl)cc1. The minimum absolute atomic E-state index is 0.0504. The van der Waals surface area contributed by atoms with Crippen molar-refractivity contribution in [2.75, 3.05) is 23.0 Å². The van der Waals surface area contributed by atoms with E-state index < -0.39 is 17.3 Å². The van der Waals surface area contributed by atoms with Gasteiger partial charge in [0.2, 0.25) is 5.91 Å². The second-order valence-corrected chi connectivity index (χ2v) is 11.1. The number of carbonyl (C=O) groups is 3. The predicted molar refractivity (Wildman–Crippen MR) is 155 cm³/mol. The van der Waals surface area contributed by atoms with E-state index in [2.05, 4.69) is 4.98 Å². The Morgan fingerprint density at radius 2 is 1.77 bits per heavy atom. The van der Waals surface area contributed by atoms with E-state index in [1.165, 1.54) is 0 Å². The fraction of sp³-hybridized carbons (Fsp3) is 0.355. The zero-order valence-corrected chi connectivity index (χ0v) is 23.9. The van der Waals surface area contributed by atoms with Crippen LogP contribution in [0.2, 0.25) is 5.02 Å². The Kier molecular flexibility index (Phi) is 8.79. The van der Waals surface area contributed by atoms with E-state index in [0.29, 0.717) is 47.0 Å². The van der Waals surface area contributed by atoms with Gasteiger partial charge in [0.25, 0.3) is 5.91 Å². The number of hydrogen-bond acceptors (Lipinski definition) is 5. The maximum absolute atomic E-state index is 13.8. The summed E-state index contributed by atoms with van der Waals surface area (Å²) in [4.78, 5) is 46.6. The number of carbonyl (C=O) groups excluding carboxylic acids is 2. The Balaban J connectivity index is 1.53. The van der Waals surface area contributed by atoms with Gasteiger partial charge in [0.05, 0.1) is 23.6 Å². The number of rotatable bonds is 9. The molecule has 0 aliphatic carbocycles. The van der Waals surface area contributed by atoms with Crippen LogP contribution in [0.3, 0.4) is 0 Å². The minimum Gasteiger partial charge on any atom is -0.494 e. The fourth-order valence-corrected chi connectivity index (χ4v) is 5.01. The van der Waals surface area contributed by atoms with Crippen molar-refractivity contribution >= 4 is 40.8 Å². The van der Waals surface area contributed by atoms with E-state index in [9.17, 15) is 19.5 Å². The lowest BCUT2D eigenvalue weighted by Gasteiger charge is -2.40. The predicted octanol–water partition coefficient (Wildman–Crippen LogP) is 6.19. The first-order valence-electron chi connectivity index (χ1n) is 13.3. The van der Waals surface area contributed by atoms with Crippen molar-refractivity contribution in [2.24, 2.45) is 5.41 Å². The van der Waals surface area contributed by atoms with Crippen LogP contribution in [-0.4, -0.2) is 47.1 Å². The lowest BCUT2D eigenvalue weighted by Crippen LogP contribution is -2.47. The van der Waals surface area contributed by atoms with E-state index in [-0.39, 0.29) is 24.5 Å². The molecule has 40 heavy (non-hydrogen) atoms. The number of carboxylic acids is 1. The summed E-state index contributed by atoms with van der Waals surface area (Å²) in [5.41, 5.74) is 1.74. The molecule has 0 fully saturated rings. The minimum atomic E-state index is -0.884. The summed E-state index contributed by atoms with van der Waals surface area (Å²) in [5.74, 6) is -1.01. The van der Waals surface area contributed by atoms with Crippen molar-refractivity contribution in [1.29, 1.82) is 0 Å². The van der Waals surface area contributed by atoms with Crippen LogP contribution >= 0.6 is 11.6 Å². The summed E-state index contributed by atoms with van der Waals surface area (Å²) in [7, 11) is 0. The molecule has 0 radical (unpaired) electrons. The highest BCUT2D eigenvalue weighted by atomic mass is 35.5. The number of amides is 2. The lowest BCUT2D eigenvalue weighted by molar-refractivity contribution is -0.147. The molecule has 0 unspecified atom stereocenters. The molecule has 1 aliphatic rings. The van der Waals surface area contributed by atoms with Crippen LogP contribution in [0.25, 0.3) is 0 Å². The zero-order chi connectivity index (χ0) is 29.0. The summed E-state index contributed by atoms with van der Waals surface area (Å²) in [6.45, 7) is 7.93. The van der Waals surface area contributed by atoms with E-state index in [0.717, 1.165) is 5.69 Å². The van der Waals surface area contributed by atoms with E-state index >= 15 is 0 Å². The molecule has 210 valence electrons. The van der Waals surface area contributed by atoms with Gasteiger partial charge in [-0.3, -0.25) is 19.4 Å². The highest BCUT2D eigenvalue weighted by Gasteiger charge is 2.39. The molecule has 2 heterocycles. The van der Waals surface area contributed by atoms with Gasteiger partial charge in [-0.2, -0.15) is 0 Å². The molecule has 2 atom stereocenters. The summed E-state index contributed by atoms with van der Waals surface area (Å²) in [6.07, 6.45) is 4.11. The molecule has 2 aromatic carbocycles. The molecule has 0 saturated heterocycles. The van der Waals surface area contributed by atoms with Crippen LogP contribution in [0, 0.1) is 5.41 Å². The van der Waals surface area contributed by atoms with Crippen molar-refractivity contribution in [3.05, 3.63) is 83.1 Å². The van der Waals surface area contributed by atoms with Gasteiger partial charge in [0, 0.05) is 46.8 Å². The van der Waals surface area contributed by atoms with Gasteiger partial charge < -0.3 is 19.6 Å². The average Bonchev–Trinajstić information content (AvgIpc) is 2.94. The normalized spacial score (nSPS) is 16.7. The second kappa shape index (κ2) is 12.1. The topological polar surface area (TPSA) is 100 Å². The molecule has 3 aromatic rings. The summed E-state index contributed by atoms with van der Waals surface area (Å²) >= 11 is 6.05. The van der Waals surface area contributed by atoms with Gasteiger partial charge in [-0.25, -0.2) is 0 Å². The molecular formula is C31H34ClN3O5. The highest BCUT2D eigenvalue weighted by Crippen LogP contribution is 2.40. The smallest absolute Gasteiger partial charge is 0.309 e. The lowest BCUT2D eigenvalue weighted by atomic mass is 9.85. The molecule has 8 nitrogen and oxygen atoms in total. The third-order valence-electron chi connectivity index (χ3n) is 7.39. The number of nitrogens with zero attached hydrogens (tertiary/aromatic N) is 3. The number of ether oxygens (including phenoxy) is 1. The Hall–Kier alpha value is -3.91. The van der Waals surface area contributed by atoms with Gasteiger partial charge in [-0.05, 0) is 95.1 Å². The van der Waals surface area contributed by atoms with Crippen molar-refractivity contribution < 1.29 is 24.2 Å². The first-order chi connectivity index (χ1) is 19.0. The molecule has 0 spiro atoms. The number of fused-ring (bicyclic) bond motifs is 1. The molecule has 2 amide bonds. The number of benzene rings is 2. The highest BCUT2D eigenvalue weighted by molar-refractivity contribution is 6.30. The number of pyridine rings is 1. The monoisotopic (exact) mass is 563 g/mol. The summed E-state index contributed by atoms with van der Waals surface area (Å²) in [5, 5.41) is 9.87. The molecule has 1 aromatic heterocycles. The molecule has 9 heteroatoms. The number of aromatic nitrogens is 1. The Morgan fingerprint density at radius 1 is 1.10 bits per heavy atom. The number of likely N-dealkylation sites (N-methyl/N-ethyl adjacent to an activating group) is 1. The quantitative estimate of drug-likeness (QED) is 0.333. The largest absolute Gasteiger partial charge is 0.494 e. The van der Waals surface area contributed by atoms with Gasteiger partial charge in [0.15, 0.2) is 0 Å². The molecule has 1 aliphatic heterocycles. The summed E-state index contributed by atoms with van der Waals surface area (Å²) in [6, 6.07) is 15.5. The van der Waals surface area contributed by atoms with Crippen LogP contribution in [0.15, 0.2) is 67.0 Å². The first-order valence-corrected chi connectivity index (χ1v) is 13.7. The first kappa shape index (κ1) is 29.1. The third kappa shape index (κ3) is 6.12.